The maximum atomic E-state index is 14.4. The predicted octanol–water partition coefficient (Wildman–Crippen LogP) is 17.2. The summed E-state index contributed by atoms with van der Waals surface area (Å²) in [4.78, 5) is 9.17. The van der Waals surface area contributed by atoms with Gasteiger partial charge in [-0.3, -0.25) is 0 Å². The molecule has 354 valence electrons. The quantitative estimate of drug-likeness (QED) is 0.135. The van der Waals surface area contributed by atoms with Gasteiger partial charge in [-0.25, -0.2) is 13.8 Å². The first kappa shape index (κ1) is 46.3. The third-order valence-corrected chi connectivity index (χ3v) is 13.3. The number of pyridine rings is 1. The van der Waals surface area contributed by atoms with Crippen LogP contribution in [0.2, 0.25) is 0 Å². The standard InChI is InChI=1S/C64H45F2N4O.Pt/c1-64(2,3)48-34-35-67-62(38-48)70-58-17-8-7-14-56(58)57-33-32-52(40-61(57)70)71-53-37-47(44-22-20-43(21-23-44)42-12-5-4-6-13-42)36-51(39-53)68-41-69(60-19-10-9-18-59(60)68)63-54(45-24-28-49(65)29-25-45)15-11-16-55(63)46-26-30-50(66)31-27-46;/h4-38,41H,1-3H3;/q-3;. The molecule has 0 unspecified atom stereocenters. The second-order valence-corrected chi connectivity index (χ2v) is 18.8. The van der Waals surface area contributed by atoms with E-state index in [0.29, 0.717) is 11.5 Å². The largest absolute Gasteiger partial charge is 0.509 e. The number of hydrogen-bond donors (Lipinski definition) is 0. The van der Waals surface area contributed by atoms with Gasteiger partial charge in [-0.2, -0.15) is 6.07 Å². The number of ether oxygens (including phenoxy) is 1. The minimum atomic E-state index is -0.319. The monoisotopic (exact) mass is 1120 g/mol. The minimum Gasteiger partial charge on any atom is -0.509 e. The van der Waals surface area contributed by atoms with Crippen LogP contribution in [0.3, 0.4) is 0 Å². The van der Waals surface area contributed by atoms with Gasteiger partial charge in [0.15, 0.2) is 0 Å². The summed E-state index contributed by atoms with van der Waals surface area (Å²) in [6, 6.07) is 74.4. The second kappa shape index (κ2) is 18.9. The summed E-state index contributed by atoms with van der Waals surface area (Å²) in [5.74, 6) is 1.19. The normalized spacial score (nSPS) is 12.3. The maximum absolute atomic E-state index is 14.4. The van der Waals surface area contributed by atoms with Gasteiger partial charge in [0.25, 0.3) is 0 Å². The molecule has 0 N–H and O–H groups in total. The van der Waals surface area contributed by atoms with Gasteiger partial charge in [-0.1, -0.05) is 154 Å². The maximum Gasteiger partial charge on any atom is 0.135 e. The van der Waals surface area contributed by atoms with Crippen LogP contribution in [0.1, 0.15) is 26.3 Å². The molecule has 0 saturated heterocycles. The van der Waals surface area contributed by atoms with Gasteiger partial charge in [0, 0.05) is 72.5 Å². The fourth-order valence-electron chi connectivity index (χ4n) is 9.67. The molecule has 8 heteroatoms. The van der Waals surface area contributed by atoms with Crippen molar-refractivity contribution in [3.8, 4) is 61.8 Å². The predicted molar refractivity (Wildman–Crippen MR) is 285 cm³/mol. The van der Waals surface area contributed by atoms with Crippen LogP contribution >= 0.6 is 0 Å². The van der Waals surface area contributed by atoms with E-state index in [1.54, 1.807) is 24.3 Å². The molecule has 1 aliphatic rings. The summed E-state index contributed by atoms with van der Waals surface area (Å²) in [7, 11) is 0. The number of para-hydroxylation sites is 4. The van der Waals surface area contributed by atoms with Crippen LogP contribution in [0.15, 0.2) is 212 Å². The molecule has 9 aromatic carbocycles. The number of benzene rings is 9. The molecule has 0 aliphatic carbocycles. The van der Waals surface area contributed by atoms with E-state index in [-0.39, 0.29) is 38.1 Å². The van der Waals surface area contributed by atoms with Gasteiger partial charge in [0.05, 0.1) is 0 Å². The Labute approximate surface area is 432 Å². The van der Waals surface area contributed by atoms with Crippen LogP contribution in [0, 0.1) is 30.4 Å². The SMILES string of the molecule is CC(C)(C)c1ccnc(-n2c3[c-]c(Oc4[c-]c(N5[CH-]N(c6c(-c7ccc(F)cc7)cccc6-c6ccc(F)cc6)c6ccccc65)cc(-c5ccc(-c6ccccc6)cc5)c4)ccc3c3ccccc32)c1.[Pt]. The average molecular weight is 1120 g/mol. The van der Waals surface area contributed by atoms with Crippen LogP contribution in [0.4, 0.5) is 31.5 Å². The van der Waals surface area contributed by atoms with Crippen LogP contribution in [0.5, 0.6) is 11.5 Å². The molecular weight excluding hydrogens is 1070 g/mol. The summed E-state index contributed by atoms with van der Waals surface area (Å²) in [5, 5.41) is 2.14. The fraction of sp³-hybridized carbons (Fsp3) is 0.0625. The first-order valence-corrected chi connectivity index (χ1v) is 23.6. The molecule has 0 fully saturated rings. The molecule has 5 nitrogen and oxygen atoms in total. The van der Waals surface area contributed by atoms with Crippen LogP contribution in [0.25, 0.3) is 72.1 Å². The van der Waals surface area contributed by atoms with Crippen molar-refractivity contribution in [2.24, 2.45) is 0 Å². The Hall–Kier alpha value is -8.12. The van der Waals surface area contributed by atoms with Gasteiger partial charge in [0.1, 0.15) is 17.5 Å². The zero-order chi connectivity index (χ0) is 48.2. The molecule has 12 rings (SSSR count). The van der Waals surface area contributed by atoms with E-state index in [0.717, 1.165) is 94.9 Å². The number of aromatic nitrogens is 2. The van der Waals surface area contributed by atoms with Crippen LogP contribution in [-0.2, 0) is 26.5 Å². The summed E-state index contributed by atoms with van der Waals surface area (Å²) in [6.45, 7) is 8.69. The van der Waals surface area contributed by atoms with Gasteiger partial charge >= 0.3 is 0 Å². The van der Waals surface area contributed by atoms with E-state index >= 15 is 0 Å². The van der Waals surface area contributed by atoms with Crippen molar-refractivity contribution in [1.29, 1.82) is 0 Å². The summed E-state index contributed by atoms with van der Waals surface area (Å²) in [6.07, 6.45) is 1.88. The molecule has 1 aliphatic heterocycles. The van der Waals surface area contributed by atoms with Crippen molar-refractivity contribution in [3.63, 3.8) is 0 Å². The van der Waals surface area contributed by atoms with Crippen LogP contribution in [-0.4, -0.2) is 9.55 Å². The molecule has 0 saturated carbocycles. The van der Waals surface area contributed by atoms with Crippen molar-refractivity contribution in [2.75, 3.05) is 9.80 Å². The number of fused-ring (bicyclic) bond motifs is 4. The molecule has 72 heavy (non-hydrogen) atoms. The smallest absolute Gasteiger partial charge is 0.135 e. The van der Waals surface area contributed by atoms with Crippen molar-refractivity contribution >= 4 is 44.6 Å². The third-order valence-electron chi connectivity index (χ3n) is 13.3. The molecular formula is C64H45F2N4OPt-3. The van der Waals surface area contributed by atoms with Crippen molar-refractivity contribution in [2.45, 2.75) is 26.2 Å². The zero-order valence-corrected chi connectivity index (χ0v) is 41.8. The molecule has 0 radical (unpaired) electrons. The summed E-state index contributed by atoms with van der Waals surface area (Å²) >= 11 is 0. The van der Waals surface area contributed by atoms with E-state index in [4.69, 9.17) is 9.72 Å². The molecule has 0 bridgehead atoms. The van der Waals surface area contributed by atoms with Gasteiger partial charge < -0.3 is 19.1 Å². The first-order valence-electron chi connectivity index (χ1n) is 23.6. The molecule has 2 aromatic heterocycles. The summed E-state index contributed by atoms with van der Waals surface area (Å²) < 4.78 is 37.9. The molecule has 0 spiro atoms. The molecule has 11 aromatic rings. The van der Waals surface area contributed by atoms with Gasteiger partial charge in [-0.15, -0.1) is 53.6 Å². The second-order valence-electron chi connectivity index (χ2n) is 18.8. The summed E-state index contributed by atoms with van der Waals surface area (Å²) in [5.41, 5.74) is 14.0. The average Bonchev–Trinajstić information content (AvgIpc) is 3.95. The molecule has 3 heterocycles. The minimum absolute atomic E-state index is 0. The number of anilines is 4. The first-order chi connectivity index (χ1) is 34.6. The number of halogens is 2. The molecule has 0 amide bonds. The van der Waals surface area contributed by atoms with Gasteiger partial charge in [-0.05, 0) is 98.8 Å². The Bertz CT molecular complexity index is 3710. The fourth-order valence-corrected chi connectivity index (χ4v) is 9.67. The Kier molecular flexibility index (Phi) is 12.1. The Morgan fingerprint density at radius 2 is 1.08 bits per heavy atom. The number of nitrogens with zero attached hydrogens (tertiary/aromatic N) is 4. The van der Waals surface area contributed by atoms with Crippen molar-refractivity contribution in [3.05, 3.63) is 248 Å². The Balaban J connectivity index is 0.00000560. The molecule has 0 atom stereocenters. The topological polar surface area (TPSA) is 33.5 Å². The van der Waals surface area contributed by atoms with E-state index in [2.05, 4.69) is 151 Å². The van der Waals surface area contributed by atoms with E-state index in [1.807, 2.05) is 66.9 Å². The van der Waals surface area contributed by atoms with Crippen LogP contribution < -0.4 is 14.5 Å². The van der Waals surface area contributed by atoms with Gasteiger partial charge in [0.2, 0.25) is 0 Å². The zero-order valence-electron chi connectivity index (χ0n) is 39.6. The van der Waals surface area contributed by atoms with Crippen molar-refractivity contribution < 1.29 is 34.6 Å². The number of hydrogen-bond acceptors (Lipinski definition) is 4. The Morgan fingerprint density at radius 1 is 0.500 bits per heavy atom. The third kappa shape index (κ3) is 8.64. The van der Waals surface area contributed by atoms with Crippen molar-refractivity contribution in [1.82, 2.24) is 9.55 Å². The van der Waals surface area contributed by atoms with E-state index in [1.165, 1.54) is 29.8 Å². The Morgan fingerprint density at radius 3 is 1.75 bits per heavy atom. The number of rotatable bonds is 9. The van der Waals surface area contributed by atoms with E-state index < -0.39 is 0 Å². The van der Waals surface area contributed by atoms with E-state index in [9.17, 15) is 8.78 Å².